The van der Waals surface area contributed by atoms with Crippen LogP contribution in [0.3, 0.4) is 0 Å². The van der Waals surface area contributed by atoms with Gasteiger partial charge < -0.3 is 19.7 Å². The van der Waals surface area contributed by atoms with E-state index in [-0.39, 0.29) is 0 Å². The minimum Gasteiger partial charge on any atom is -0.496 e. The summed E-state index contributed by atoms with van der Waals surface area (Å²) in [5.74, 6) is 2.18. The summed E-state index contributed by atoms with van der Waals surface area (Å²) in [5, 5.41) is 8.00. The maximum atomic E-state index is 5.94. The molecule has 1 aliphatic heterocycles. The molecule has 2 aromatic carbocycles. The molecule has 1 N–H and O–H groups in total. The molecule has 8 heteroatoms. The van der Waals surface area contributed by atoms with Crippen molar-refractivity contribution in [2.75, 3.05) is 58.8 Å². The fourth-order valence-corrected chi connectivity index (χ4v) is 4.15. The molecule has 8 nitrogen and oxygen atoms in total. The number of hydrogen-bond donors (Lipinski definition) is 1. The molecule has 0 unspecified atom stereocenters. The molecule has 0 saturated carbocycles. The Bertz CT molecular complexity index is 1230. The number of fused-ring (bicyclic) bond motifs is 1. The Morgan fingerprint density at radius 1 is 0.941 bits per heavy atom. The van der Waals surface area contributed by atoms with Crippen molar-refractivity contribution in [2.24, 2.45) is 0 Å². The second-order valence-electron chi connectivity index (χ2n) is 8.48. The zero-order chi connectivity index (χ0) is 23.3. The number of nitrogens with one attached hydrogen (secondary N) is 1. The minimum atomic E-state index is 0.517. The van der Waals surface area contributed by atoms with Crippen LogP contribution in [0.4, 0.5) is 11.6 Å². The molecule has 1 fully saturated rings. The van der Waals surface area contributed by atoms with Gasteiger partial charge in [-0.1, -0.05) is 12.1 Å². The molecule has 5 rings (SSSR count). The fourth-order valence-electron chi connectivity index (χ4n) is 4.15. The van der Waals surface area contributed by atoms with Crippen molar-refractivity contribution in [1.82, 2.24) is 24.4 Å². The summed E-state index contributed by atoms with van der Waals surface area (Å²) in [6.07, 6.45) is 1.81. The lowest BCUT2D eigenvalue weighted by molar-refractivity contribution is 0.134. The first-order valence-electron chi connectivity index (χ1n) is 11.6. The molecular weight excluding hydrogens is 428 g/mol. The lowest BCUT2D eigenvalue weighted by Gasteiger charge is -2.32. The average molecular weight is 459 g/mol. The highest BCUT2D eigenvalue weighted by Gasteiger charge is 2.14. The van der Waals surface area contributed by atoms with Crippen LogP contribution in [0, 0.1) is 0 Å². The van der Waals surface area contributed by atoms with Crippen LogP contribution >= 0.6 is 0 Å². The van der Waals surface area contributed by atoms with Gasteiger partial charge in [-0.25, -0.2) is 9.50 Å². The van der Waals surface area contributed by atoms with E-state index in [1.54, 1.807) is 7.11 Å². The van der Waals surface area contributed by atoms with Gasteiger partial charge in [-0.3, -0.25) is 4.90 Å². The van der Waals surface area contributed by atoms with Crippen LogP contribution in [0.25, 0.3) is 16.8 Å². The van der Waals surface area contributed by atoms with Crippen LogP contribution < -0.4 is 14.8 Å². The number of para-hydroxylation sites is 1. The summed E-state index contributed by atoms with van der Waals surface area (Å²) in [7, 11) is 3.85. The maximum absolute atomic E-state index is 5.94. The third kappa shape index (κ3) is 4.98. The van der Waals surface area contributed by atoms with Crippen LogP contribution in [-0.4, -0.2) is 77.9 Å². The van der Waals surface area contributed by atoms with E-state index in [9.17, 15) is 0 Å². The summed E-state index contributed by atoms with van der Waals surface area (Å²) in [4.78, 5) is 9.28. The molecule has 0 spiro atoms. The molecule has 1 saturated heterocycles. The molecule has 2 aromatic heterocycles. The fraction of sp³-hybridized carbons (Fsp3) is 0.308. The highest BCUT2D eigenvalue weighted by atomic mass is 16.5. The summed E-state index contributed by atoms with van der Waals surface area (Å²) >= 11 is 0. The Balaban J connectivity index is 1.23. The van der Waals surface area contributed by atoms with Crippen molar-refractivity contribution in [1.29, 1.82) is 0 Å². The molecule has 1 aliphatic rings. The van der Waals surface area contributed by atoms with Gasteiger partial charge in [-0.2, -0.15) is 0 Å². The molecule has 4 aromatic rings. The topological polar surface area (TPSA) is 67.2 Å². The van der Waals surface area contributed by atoms with Crippen molar-refractivity contribution in [3.63, 3.8) is 0 Å². The van der Waals surface area contributed by atoms with Gasteiger partial charge in [0.1, 0.15) is 18.1 Å². The summed E-state index contributed by atoms with van der Waals surface area (Å²) < 4.78 is 13.4. The Morgan fingerprint density at radius 3 is 2.53 bits per heavy atom. The number of aromatic nitrogens is 3. The van der Waals surface area contributed by atoms with Crippen LogP contribution in [-0.2, 0) is 0 Å². The van der Waals surface area contributed by atoms with E-state index in [1.165, 1.54) is 0 Å². The number of anilines is 2. The van der Waals surface area contributed by atoms with E-state index < -0.39 is 0 Å². The SMILES string of the molecule is COc1ccccc1-c1ccc2cnc(Nc3ccc(OCCN4CCN(C)CC4)cc3)nn12. The highest BCUT2D eigenvalue weighted by Crippen LogP contribution is 2.30. The van der Waals surface area contributed by atoms with Gasteiger partial charge in [-0.15, -0.1) is 5.10 Å². The lowest BCUT2D eigenvalue weighted by atomic mass is 10.1. The smallest absolute Gasteiger partial charge is 0.245 e. The predicted octanol–water partition coefficient (Wildman–Crippen LogP) is 3.77. The molecule has 0 amide bonds. The van der Waals surface area contributed by atoms with Crippen molar-refractivity contribution < 1.29 is 9.47 Å². The lowest BCUT2D eigenvalue weighted by Crippen LogP contribution is -2.45. The van der Waals surface area contributed by atoms with Crippen molar-refractivity contribution in [2.45, 2.75) is 0 Å². The van der Waals surface area contributed by atoms with E-state index in [4.69, 9.17) is 14.6 Å². The number of ether oxygens (including phenoxy) is 2. The van der Waals surface area contributed by atoms with Crippen molar-refractivity contribution in [3.8, 4) is 22.8 Å². The van der Waals surface area contributed by atoms with Gasteiger partial charge in [0.15, 0.2) is 0 Å². The van der Waals surface area contributed by atoms with Gasteiger partial charge in [0.2, 0.25) is 5.95 Å². The first-order valence-corrected chi connectivity index (χ1v) is 11.6. The van der Waals surface area contributed by atoms with Crippen LogP contribution in [0.5, 0.6) is 11.5 Å². The van der Waals surface area contributed by atoms with Gasteiger partial charge in [0.05, 0.1) is 24.5 Å². The number of likely N-dealkylation sites (N-methyl/N-ethyl adjacent to an activating group) is 1. The third-order valence-corrected chi connectivity index (χ3v) is 6.16. The number of nitrogens with zero attached hydrogens (tertiary/aromatic N) is 5. The standard InChI is InChI=1S/C26H30N6O2/c1-30-13-15-31(16-14-30)17-18-34-22-10-7-20(8-11-22)28-26-27-19-21-9-12-24(32(21)29-26)23-5-3-4-6-25(23)33-2/h3-12,19H,13-18H2,1-2H3,(H,28,29). The molecular formula is C26H30N6O2. The number of benzene rings is 2. The summed E-state index contributed by atoms with van der Waals surface area (Å²) in [6, 6.07) is 19.9. The van der Waals surface area contributed by atoms with E-state index in [0.717, 1.165) is 66.7 Å². The third-order valence-electron chi connectivity index (χ3n) is 6.16. The minimum absolute atomic E-state index is 0.517. The quantitative estimate of drug-likeness (QED) is 0.431. The number of hydrogen-bond acceptors (Lipinski definition) is 7. The molecule has 34 heavy (non-hydrogen) atoms. The monoisotopic (exact) mass is 458 g/mol. The number of rotatable bonds is 8. The van der Waals surface area contributed by atoms with Crippen LogP contribution in [0.2, 0.25) is 0 Å². The second-order valence-corrected chi connectivity index (χ2v) is 8.48. The molecule has 3 heterocycles. The van der Waals surface area contributed by atoms with Gasteiger partial charge in [-0.05, 0) is 55.6 Å². The molecule has 176 valence electrons. The Morgan fingerprint density at radius 2 is 1.74 bits per heavy atom. The van der Waals surface area contributed by atoms with Crippen LogP contribution in [0.15, 0.2) is 66.9 Å². The molecule has 0 atom stereocenters. The van der Waals surface area contributed by atoms with E-state index in [1.807, 2.05) is 71.4 Å². The predicted molar refractivity (Wildman–Crippen MR) is 134 cm³/mol. The number of piperazine rings is 1. The summed E-state index contributed by atoms with van der Waals surface area (Å²) in [6.45, 7) is 6.10. The maximum Gasteiger partial charge on any atom is 0.245 e. The summed E-state index contributed by atoms with van der Waals surface area (Å²) in [5.41, 5.74) is 3.74. The molecule has 0 aliphatic carbocycles. The molecule has 0 bridgehead atoms. The molecule has 0 radical (unpaired) electrons. The van der Waals surface area contributed by atoms with E-state index in [2.05, 4.69) is 27.1 Å². The zero-order valence-electron chi connectivity index (χ0n) is 19.6. The van der Waals surface area contributed by atoms with Gasteiger partial charge in [0, 0.05) is 44.0 Å². The Kier molecular flexibility index (Phi) is 6.60. The van der Waals surface area contributed by atoms with Crippen LogP contribution in [0.1, 0.15) is 0 Å². The van der Waals surface area contributed by atoms with Gasteiger partial charge >= 0.3 is 0 Å². The first-order chi connectivity index (χ1) is 16.7. The Hall–Kier alpha value is -3.62. The van der Waals surface area contributed by atoms with E-state index in [0.29, 0.717) is 12.6 Å². The van der Waals surface area contributed by atoms with Gasteiger partial charge in [0.25, 0.3) is 0 Å². The largest absolute Gasteiger partial charge is 0.496 e. The van der Waals surface area contributed by atoms with Crippen molar-refractivity contribution in [3.05, 3.63) is 66.9 Å². The number of methoxy groups -OCH3 is 1. The van der Waals surface area contributed by atoms with Crippen molar-refractivity contribution >= 4 is 17.2 Å². The highest BCUT2D eigenvalue weighted by molar-refractivity contribution is 5.72. The Labute approximate surface area is 199 Å². The van der Waals surface area contributed by atoms with E-state index >= 15 is 0 Å². The first kappa shape index (κ1) is 22.2. The average Bonchev–Trinajstić information content (AvgIpc) is 3.29. The second kappa shape index (κ2) is 10.1. The normalized spacial score (nSPS) is 14.9. The zero-order valence-corrected chi connectivity index (χ0v) is 19.6.